The Morgan fingerprint density at radius 1 is 1.00 bits per heavy atom. The lowest BCUT2D eigenvalue weighted by molar-refractivity contribution is -0.137. The van der Waals surface area contributed by atoms with E-state index in [1.807, 2.05) is 12.1 Å². The van der Waals surface area contributed by atoms with Crippen LogP contribution in [0.5, 0.6) is 0 Å². The Morgan fingerprint density at radius 2 is 1.65 bits per heavy atom. The Hall–Kier alpha value is -1.70. The quantitative estimate of drug-likeness (QED) is 0.428. The molecule has 8 heteroatoms. The van der Waals surface area contributed by atoms with E-state index < -0.39 is 16.0 Å². The topological polar surface area (TPSA) is 83.5 Å². The van der Waals surface area contributed by atoms with Gasteiger partial charge in [-0.25, -0.2) is 8.42 Å². The molecule has 0 bridgehead atoms. The third-order valence-electron chi connectivity index (χ3n) is 3.53. The molecule has 2 N–H and O–H groups in total. The van der Waals surface area contributed by atoms with Gasteiger partial charge in [-0.2, -0.15) is 0 Å². The summed E-state index contributed by atoms with van der Waals surface area (Å²) in [6.07, 6.45) is 2.75. The van der Waals surface area contributed by atoms with Gasteiger partial charge in [0.05, 0.1) is 4.90 Å². The Kier molecular flexibility index (Phi) is 7.81. The fourth-order valence-corrected chi connectivity index (χ4v) is 4.29. The molecule has 0 atom stereocenters. The summed E-state index contributed by atoms with van der Waals surface area (Å²) in [5, 5.41) is 9.06. The Balaban J connectivity index is 1.83. The molecule has 140 valence electrons. The number of rotatable bonds is 10. The second kappa shape index (κ2) is 9.85. The number of hydrogen-bond acceptors (Lipinski definition) is 4. The summed E-state index contributed by atoms with van der Waals surface area (Å²) in [7, 11) is -3.64. The minimum absolute atomic E-state index is 0.154. The number of nitrogens with one attached hydrogen (secondary N) is 1. The first-order chi connectivity index (χ1) is 12.4. The molecule has 0 heterocycles. The monoisotopic (exact) mass is 413 g/mol. The van der Waals surface area contributed by atoms with Crippen molar-refractivity contribution in [1.82, 2.24) is 0 Å². The van der Waals surface area contributed by atoms with Gasteiger partial charge in [0.2, 0.25) is 0 Å². The van der Waals surface area contributed by atoms with E-state index in [2.05, 4.69) is 4.72 Å². The Morgan fingerprint density at radius 3 is 2.27 bits per heavy atom. The molecule has 0 radical (unpaired) electrons. The number of sulfonamides is 1. The first-order valence-corrected chi connectivity index (χ1v) is 10.9. The Labute approximate surface area is 162 Å². The molecule has 0 saturated carbocycles. The Bertz CT molecular complexity index is 821. The van der Waals surface area contributed by atoms with Crippen LogP contribution < -0.4 is 4.72 Å². The maximum atomic E-state index is 12.3. The number of hydrogen-bond donors (Lipinski definition) is 2. The summed E-state index contributed by atoms with van der Waals surface area (Å²) in [5.41, 5.74) is 0.491. The van der Waals surface area contributed by atoms with E-state index in [9.17, 15) is 13.2 Å². The van der Waals surface area contributed by atoms with Gasteiger partial charge in [0.1, 0.15) is 0 Å². The molecule has 5 nitrogen and oxygen atoms in total. The summed E-state index contributed by atoms with van der Waals surface area (Å²) in [5.74, 6) is 0.143. The maximum Gasteiger partial charge on any atom is 0.303 e. The van der Waals surface area contributed by atoms with Crippen LogP contribution in [0.4, 0.5) is 5.69 Å². The molecule has 0 fully saturated rings. The third-order valence-corrected chi connectivity index (χ3v) is 6.28. The lowest BCUT2D eigenvalue weighted by Crippen LogP contribution is -2.12. The molecule has 2 aromatic rings. The number of anilines is 1. The first-order valence-electron chi connectivity index (χ1n) is 8.10. The summed E-state index contributed by atoms with van der Waals surface area (Å²) >= 11 is 7.44. The van der Waals surface area contributed by atoms with Crippen molar-refractivity contribution in [2.45, 2.75) is 35.5 Å². The van der Waals surface area contributed by atoms with E-state index >= 15 is 0 Å². The number of aliphatic carboxylic acids is 1. The van der Waals surface area contributed by atoms with Gasteiger partial charge in [0, 0.05) is 22.0 Å². The lowest BCUT2D eigenvalue weighted by atomic mass is 10.2. The van der Waals surface area contributed by atoms with Crippen molar-refractivity contribution in [3.8, 4) is 0 Å². The third kappa shape index (κ3) is 6.90. The zero-order valence-electron chi connectivity index (χ0n) is 14.0. The number of halogens is 1. The van der Waals surface area contributed by atoms with Crippen LogP contribution in [-0.2, 0) is 14.8 Å². The van der Waals surface area contributed by atoms with E-state index in [-0.39, 0.29) is 11.3 Å². The zero-order valence-corrected chi connectivity index (χ0v) is 16.4. The molecular weight excluding hydrogens is 394 g/mol. The summed E-state index contributed by atoms with van der Waals surface area (Å²) in [6.45, 7) is 0. The minimum Gasteiger partial charge on any atom is -0.481 e. The maximum absolute atomic E-state index is 12.3. The van der Waals surface area contributed by atoms with Crippen molar-refractivity contribution in [1.29, 1.82) is 0 Å². The van der Waals surface area contributed by atoms with E-state index in [0.717, 1.165) is 23.5 Å². The largest absolute Gasteiger partial charge is 0.481 e. The van der Waals surface area contributed by atoms with Crippen LogP contribution in [0.25, 0.3) is 0 Å². The van der Waals surface area contributed by atoms with Crippen LogP contribution in [0, 0.1) is 0 Å². The van der Waals surface area contributed by atoms with Crippen LogP contribution >= 0.6 is 23.4 Å². The highest BCUT2D eigenvalue weighted by atomic mass is 35.5. The second-order valence-electron chi connectivity index (χ2n) is 5.64. The molecule has 0 saturated heterocycles. The van der Waals surface area contributed by atoms with Crippen LogP contribution in [0.15, 0.2) is 58.3 Å². The van der Waals surface area contributed by atoms with Gasteiger partial charge < -0.3 is 5.11 Å². The van der Waals surface area contributed by atoms with Crippen LogP contribution in [0.3, 0.4) is 0 Å². The highest BCUT2D eigenvalue weighted by Crippen LogP contribution is 2.23. The van der Waals surface area contributed by atoms with Gasteiger partial charge in [-0.1, -0.05) is 18.0 Å². The summed E-state index contributed by atoms with van der Waals surface area (Å²) in [6, 6.07) is 13.2. The van der Waals surface area contributed by atoms with Crippen molar-refractivity contribution in [3.05, 3.63) is 53.6 Å². The molecule has 0 spiro atoms. The average molecular weight is 414 g/mol. The van der Waals surface area contributed by atoms with Gasteiger partial charge in [0.25, 0.3) is 10.0 Å². The van der Waals surface area contributed by atoms with Crippen LogP contribution in [0.2, 0.25) is 5.02 Å². The van der Waals surface area contributed by atoms with Gasteiger partial charge in [0.15, 0.2) is 0 Å². The van der Waals surface area contributed by atoms with Gasteiger partial charge in [-0.05, 0) is 67.1 Å². The highest BCUT2D eigenvalue weighted by molar-refractivity contribution is 7.99. The molecule has 0 aliphatic carbocycles. The number of carbonyl (C=O) groups is 1. The molecule has 0 aliphatic heterocycles. The van der Waals surface area contributed by atoms with E-state index in [0.29, 0.717) is 17.1 Å². The van der Waals surface area contributed by atoms with Gasteiger partial charge >= 0.3 is 5.97 Å². The number of carboxylic acids is 1. The van der Waals surface area contributed by atoms with Gasteiger partial charge in [-0.3, -0.25) is 9.52 Å². The predicted octanol–water partition coefficient (Wildman–Crippen LogP) is 4.88. The SMILES string of the molecule is O=C(O)CCCCCSc1ccc(NS(=O)(=O)c2ccc(Cl)cc2)cc1. The summed E-state index contributed by atoms with van der Waals surface area (Å²) < 4.78 is 27.2. The second-order valence-corrected chi connectivity index (χ2v) is 8.92. The first kappa shape index (κ1) is 20.6. The fourth-order valence-electron chi connectivity index (χ4n) is 2.19. The lowest BCUT2D eigenvalue weighted by Gasteiger charge is -2.09. The molecule has 2 aromatic carbocycles. The number of carboxylic acid groups (broad SMARTS) is 1. The molecule has 0 unspecified atom stereocenters. The molecular formula is C18H20ClNO4S2. The highest BCUT2D eigenvalue weighted by Gasteiger charge is 2.13. The molecule has 0 amide bonds. The van der Waals surface area contributed by atoms with Crippen molar-refractivity contribution < 1.29 is 18.3 Å². The molecule has 0 aromatic heterocycles. The minimum atomic E-state index is -3.64. The van der Waals surface area contributed by atoms with Crippen molar-refractivity contribution in [3.63, 3.8) is 0 Å². The fraction of sp³-hybridized carbons (Fsp3) is 0.278. The number of thioether (sulfide) groups is 1. The predicted molar refractivity (Wildman–Crippen MR) is 106 cm³/mol. The van der Waals surface area contributed by atoms with E-state index in [4.69, 9.17) is 16.7 Å². The van der Waals surface area contributed by atoms with Crippen LogP contribution in [-0.4, -0.2) is 25.2 Å². The zero-order chi connectivity index (χ0) is 19.0. The van der Waals surface area contributed by atoms with Crippen molar-refractivity contribution >= 4 is 45.0 Å². The van der Waals surface area contributed by atoms with E-state index in [1.54, 1.807) is 23.9 Å². The van der Waals surface area contributed by atoms with Crippen molar-refractivity contribution in [2.24, 2.45) is 0 Å². The number of unbranched alkanes of at least 4 members (excludes halogenated alkanes) is 2. The van der Waals surface area contributed by atoms with Gasteiger partial charge in [-0.15, -0.1) is 11.8 Å². The molecule has 0 aliphatic rings. The number of benzene rings is 2. The normalized spacial score (nSPS) is 11.3. The smallest absolute Gasteiger partial charge is 0.303 e. The summed E-state index contributed by atoms with van der Waals surface area (Å²) in [4.78, 5) is 11.6. The molecule has 26 heavy (non-hydrogen) atoms. The van der Waals surface area contributed by atoms with Crippen LogP contribution in [0.1, 0.15) is 25.7 Å². The van der Waals surface area contributed by atoms with E-state index in [1.165, 1.54) is 24.3 Å². The molecule has 2 rings (SSSR count). The average Bonchev–Trinajstić information content (AvgIpc) is 2.59. The standard InChI is InChI=1S/C18H20ClNO4S2/c19-14-5-11-17(12-6-14)26(23,24)20-15-7-9-16(10-8-15)25-13-3-1-2-4-18(21)22/h5-12,20H,1-4,13H2,(H,21,22). The van der Waals surface area contributed by atoms with Crippen molar-refractivity contribution in [2.75, 3.05) is 10.5 Å².